The summed E-state index contributed by atoms with van der Waals surface area (Å²) in [7, 11) is 0. The van der Waals surface area contributed by atoms with E-state index < -0.39 is 0 Å². The summed E-state index contributed by atoms with van der Waals surface area (Å²) in [6.07, 6.45) is 5.19. The highest BCUT2D eigenvalue weighted by atomic mass is 32.1. The van der Waals surface area contributed by atoms with Crippen LogP contribution >= 0.6 is 34.0 Å². The van der Waals surface area contributed by atoms with E-state index in [0.717, 1.165) is 28.3 Å². The summed E-state index contributed by atoms with van der Waals surface area (Å²) < 4.78 is 0. The molecule has 0 spiro atoms. The Labute approximate surface area is 153 Å². The number of rotatable bonds is 3. The third-order valence-corrected chi connectivity index (χ3v) is 7.55. The van der Waals surface area contributed by atoms with Gasteiger partial charge in [-0.2, -0.15) is 5.26 Å². The monoisotopic (exact) mass is 368 g/mol. The number of hydrogen-bond donors (Lipinski definition) is 0. The number of thiophene rings is 3. The summed E-state index contributed by atoms with van der Waals surface area (Å²) in [5.74, 6) is 0.713. The van der Waals surface area contributed by atoms with Crippen LogP contribution < -0.4 is 0 Å². The molecule has 1 aliphatic rings. The van der Waals surface area contributed by atoms with E-state index in [1.54, 1.807) is 34.0 Å². The van der Waals surface area contributed by atoms with Crippen molar-refractivity contribution >= 4 is 45.2 Å². The lowest BCUT2D eigenvalue weighted by Crippen LogP contribution is -2.09. The zero-order valence-corrected chi connectivity index (χ0v) is 15.7. The third kappa shape index (κ3) is 2.98. The normalized spacial score (nSPS) is 17.1. The lowest BCUT2D eigenvalue weighted by atomic mass is 9.89. The molecule has 3 aromatic rings. The van der Waals surface area contributed by atoms with E-state index in [4.69, 9.17) is 0 Å². The van der Waals surface area contributed by atoms with Crippen LogP contribution in [0.2, 0.25) is 0 Å². The Balaban J connectivity index is 1.62. The van der Waals surface area contributed by atoms with Gasteiger partial charge in [0.25, 0.3) is 0 Å². The first-order valence-corrected chi connectivity index (χ1v) is 10.5. The molecular formula is C19H16N2S3. The van der Waals surface area contributed by atoms with Crippen LogP contribution in [-0.2, 0) is 12.8 Å². The van der Waals surface area contributed by atoms with Gasteiger partial charge in [-0.25, -0.2) is 4.99 Å². The minimum atomic E-state index is 0.713. The molecule has 4 rings (SSSR count). The molecule has 3 aromatic heterocycles. The predicted molar refractivity (Wildman–Crippen MR) is 105 cm³/mol. The van der Waals surface area contributed by atoms with Crippen LogP contribution in [0.5, 0.6) is 0 Å². The van der Waals surface area contributed by atoms with Crippen molar-refractivity contribution in [1.82, 2.24) is 0 Å². The molecule has 1 atom stereocenters. The molecule has 0 saturated carbocycles. The average Bonchev–Trinajstić information content (AvgIpc) is 3.30. The fraction of sp³-hybridized carbons (Fsp3) is 0.263. The van der Waals surface area contributed by atoms with Crippen LogP contribution in [0.4, 0.5) is 5.00 Å². The molecule has 24 heavy (non-hydrogen) atoms. The Morgan fingerprint density at radius 1 is 1.25 bits per heavy atom. The third-order valence-electron chi connectivity index (χ3n) is 4.30. The van der Waals surface area contributed by atoms with Crippen molar-refractivity contribution in [3.63, 3.8) is 0 Å². The molecule has 0 fully saturated rings. The molecule has 0 N–H and O–H groups in total. The van der Waals surface area contributed by atoms with Gasteiger partial charge in [-0.15, -0.1) is 34.0 Å². The Morgan fingerprint density at radius 3 is 2.96 bits per heavy atom. The molecule has 1 aliphatic carbocycles. The van der Waals surface area contributed by atoms with Crippen molar-refractivity contribution in [2.45, 2.75) is 26.2 Å². The zero-order chi connectivity index (χ0) is 16.5. The smallest absolute Gasteiger partial charge is 0.134 e. The van der Waals surface area contributed by atoms with E-state index in [2.05, 4.69) is 47.6 Å². The molecule has 0 aliphatic heterocycles. The largest absolute Gasteiger partial charge is 0.243 e. The van der Waals surface area contributed by atoms with Crippen LogP contribution in [-0.4, -0.2) is 6.21 Å². The first-order chi connectivity index (χ1) is 11.7. The molecule has 0 radical (unpaired) electrons. The first kappa shape index (κ1) is 15.8. The Hall–Kier alpha value is -1.74. The topological polar surface area (TPSA) is 36.1 Å². The van der Waals surface area contributed by atoms with Gasteiger partial charge in [0, 0.05) is 25.7 Å². The van der Waals surface area contributed by atoms with Gasteiger partial charge in [0.2, 0.25) is 0 Å². The van der Waals surface area contributed by atoms with Crippen molar-refractivity contribution in [3.05, 3.63) is 50.5 Å². The number of aliphatic imine (C=N–C) groups is 1. The molecule has 0 aromatic carbocycles. The molecule has 0 bridgehead atoms. The summed E-state index contributed by atoms with van der Waals surface area (Å²) in [6, 6.07) is 10.8. The van der Waals surface area contributed by atoms with Crippen molar-refractivity contribution in [1.29, 1.82) is 5.26 Å². The molecule has 120 valence electrons. The minimum Gasteiger partial charge on any atom is -0.243 e. The molecule has 3 heterocycles. The highest BCUT2D eigenvalue weighted by Gasteiger charge is 2.23. The van der Waals surface area contributed by atoms with Crippen molar-refractivity contribution in [2.24, 2.45) is 10.9 Å². The summed E-state index contributed by atoms with van der Waals surface area (Å²) in [5, 5.41) is 12.5. The van der Waals surface area contributed by atoms with Crippen LogP contribution in [0.1, 0.15) is 34.2 Å². The van der Waals surface area contributed by atoms with Gasteiger partial charge < -0.3 is 0 Å². The molecule has 2 nitrogen and oxygen atoms in total. The highest BCUT2D eigenvalue weighted by Crippen LogP contribution is 2.41. The molecule has 0 saturated heterocycles. The van der Waals surface area contributed by atoms with Gasteiger partial charge >= 0.3 is 0 Å². The number of hydrogen-bond acceptors (Lipinski definition) is 5. The summed E-state index contributed by atoms with van der Waals surface area (Å²) in [6.45, 7) is 2.29. The number of nitriles is 1. The van der Waals surface area contributed by atoms with E-state index in [-0.39, 0.29) is 0 Å². The number of fused-ring (bicyclic) bond motifs is 1. The van der Waals surface area contributed by atoms with E-state index in [1.165, 1.54) is 26.6 Å². The fourth-order valence-electron chi connectivity index (χ4n) is 3.04. The van der Waals surface area contributed by atoms with Crippen molar-refractivity contribution in [2.75, 3.05) is 0 Å². The molecule has 1 unspecified atom stereocenters. The summed E-state index contributed by atoms with van der Waals surface area (Å²) in [4.78, 5) is 9.71. The van der Waals surface area contributed by atoms with Crippen LogP contribution in [0.15, 0.2) is 34.6 Å². The molecule has 5 heteroatoms. The van der Waals surface area contributed by atoms with E-state index in [9.17, 15) is 5.26 Å². The first-order valence-electron chi connectivity index (χ1n) is 7.97. The van der Waals surface area contributed by atoms with Gasteiger partial charge in [-0.1, -0.05) is 13.0 Å². The Kier molecular flexibility index (Phi) is 4.36. The Bertz CT molecular complexity index is 923. The van der Waals surface area contributed by atoms with E-state index >= 15 is 0 Å². The maximum absolute atomic E-state index is 9.54. The molecule has 0 amide bonds. The van der Waals surface area contributed by atoms with Crippen molar-refractivity contribution < 1.29 is 0 Å². The van der Waals surface area contributed by atoms with Gasteiger partial charge in [0.05, 0.1) is 5.56 Å². The fourth-order valence-corrected chi connectivity index (χ4v) is 6.06. The average molecular weight is 369 g/mol. The second kappa shape index (κ2) is 6.64. The minimum absolute atomic E-state index is 0.713. The van der Waals surface area contributed by atoms with Gasteiger partial charge in [0.15, 0.2) is 0 Å². The SMILES string of the molecule is CC1CCc2c(sc(/N=C/c3ccc(-c4cccs4)s3)c2C#N)C1. The van der Waals surface area contributed by atoms with Gasteiger partial charge in [-0.05, 0) is 54.3 Å². The lowest BCUT2D eigenvalue weighted by molar-refractivity contribution is 0.507. The van der Waals surface area contributed by atoms with Gasteiger partial charge in [-0.3, -0.25) is 0 Å². The van der Waals surface area contributed by atoms with Crippen LogP contribution in [0.25, 0.3) is 9.75 Å². The quantitative estimate of drug-likeness (QED) is 0.501. The van der Waals surface area contributed by atoms with Gasteiger partial charge in [0.1, 0.15) is 11.1 Å². The summed E-state index contributed by atoms with van der Waals surface area (Å²) >= 11 is 5.19. The van der Waals surface area contributed by atoms with Crippen LogP contribution in [0.3, 0.4) is 0 Å². The highest BCUT2D eigenvalue weighted by molar-refractivity contribution is 7.22. The standard InChI is InChI=1S/C19H16N2S3/c1-12-4-6-14-15(10-20)19(24-18(14)9-12)21-11-13-5-7-17(23-13)16-3-2-8-22-16/h2-3,5,7-8,11-12H,4,6,9H2,1H3/b21-11+. The molecular weight excluding hydrogens is 352 g/mol. The summed E-state index contributed by atoms with van der Waals surface area (Å²) in [5.41, 5.74) is 2.05. The Morgan fingerprint density at radius 2 is 2.17 bits per heavy atom. The maximum Gasteiger partial charge on any atom is 0.134 e. The van der Waals surface area contributed by atoms with E-state index in [0.29, 0.717) is 5.92 Å². The van der Waals surface area contributed by atoms with E-state index in [1.807, 2.05) is 6.21 Å². The van der Waals surface area contributed by atoms with Crippen molar-refractivity contribution in [3.8, 4) is 15.8 Å². The predicted octanol–water partition coefficient (Wildman–Crippen LogP) is 6.29. The van der Waals surface area contributed by atoms with Crippen LogP contribution in [0, 0.1) is 17.2 Å². The zero-order valence-electron chi connectivity index (χ0n) is 13.3. The second-order valence-electron chi connectivity index (χ2n) is 6.08. The number of nitrogens with zero attached hydrogens (tertiary/aromatic N) is 2. The second-order valence-corrected chi connectivity index (χ2v) is 9.23. The lowest BCUT2D eigenvalue weighted by Gasteiger charge is -2.17. The maximum atomic E-state index is 9.54.